The fraction of sp³-hybridized carbons (Fsp3) is 0.357. The summed E-state index contributed by atoms with van der Waals surface area (Å²) < 4.78 is 0. The molecule has 0 aliphatic carbocycles. The zero-order valence-electron chi connectivity index (χ0n) is 11.0. The summed E-state index contributed by atoms with van der Waals surface area (Å²) in [6.07, 6.45) is 4.76. The molecule has 0 aliphatic heterocycles. The third-order valence-electron chi connectivity index (χ3n) is 2.97. The normalized spacial score (nSPS) is 10.6. The van der Waals surface area contributed by atoms with Crippen LogP contribution >= 0.6 is 0 Å². The number of anilines is 1. The predicted octanol–water partition coefficient (Wildman–Crippen LogP) is 2.71. The number of hydrogen-bond acceptors (Lipinski definition) is 3. The van der Waals surface area contributed by atoms with E-state index in [1.165, 1.54) is 4.90 Å². The van der Waals surface area contributed by atoms with Crippen LogP contribution in [0, 0.1) is 0 Å². The molecule has 0 fully saturated rings. The van der Waals surface area contributed by atoms with Gasteiger partial charge in [-0.15, -0.1) is 0 Å². The number of unbranched alkanes of at least 4 members (excludes halogenated alkanes) is 2. The average Bonchev–Trinajstić information content (AvgIpc) is 2.43. The van der Waals surface area contributed by atoms with Gasteiger partial charge < -0.3 is 5.73 Å². The molecule has 0 atom stereocenters. The number of carbonyl (C=O) groups is 1. The van der Waals surface area contributed by atoms with Crippen molar-refractivity contribution >= 4 is 22.9 Å². The van der Waals surface area contributed by atoms with Crippen LogP contribution in [-0.2, 0) is 0 Å². The van der Waals surface area contributed by atoms with Crippen molar-refractivity contribution in [2.75, 3.05) is 11.4 Å². The highest BCUT2D eigenvalue weighted by atomic mass is 16.2. The van der Waals surface area contributed by atoms with Gasteiger partial charge in [-0.2, -0.15) is 0 Å². The summed E-state index contributed by atoms with van der Waals surface area (Å²) in [6, 6.07) is 7.16. The highest BCUT2D eigenvalue weighted by molar-refractivity contribution is 5.90. The maximum absolute atomic E-state index is 11.5. The van der Waals surface area contributed by atoms with Gasteiger partial charge in [-0.25, -0.2) is 14.8 Å². The standard InChI is InChI=1S/C14H18N4O/c1-2-3-6-9-18(13(15)19)14-16-10-11-7-4-5-8-12(11)17-14/h4-5,7-8,10H,2-3,6,9H2,1H3,(H2,15,19). The maximum Gasteiger partial charge on any atom is 0.321 e. The third kappa shape index (κ3) is 3.19. The van der Waals surface area contributed by atoms with E-state index in [-0.39, 0.29) is 0 Å². The predicted molar refractivity (Wildman–Crippen MR) is 76.0 cm³/mol. The lowest BCUT2D eigenvalue weighted by atomic mass is 10.2. The first-order valence-electron chi connectivity index (χ1n) is 6.51. The molecule has 1 aromatic carbocycles. The first-order chi connectivity index (χ1) is 9.22. The van der Waals surface area contributed by atoms with E-state index in [0.717, 1.165) is 30.2 Å². The number of carbonyl (C=O) groups excluding carboxylic acids is 1. The van der Waals surface area contributed by atoms with Crippen molar-refractivity contribution < 1.29 is 4.79 Å². The Kier molecular flexibility index (Phi) is 4.28. The van der Waals surface area contributed by atoms with Crippen molar-refractivity contribution in [2.45, 2.75) is 26.2 Å². The van der Waals surface area contributed by atoms with Gasteiger partial charge in [-0.3, -0.25) is 4.90 Å². The number of aromatic nitrogens is 2. The lowest BCUT2D eigenvalue weighted by molar-refractivity contribution is 0.253. The van der Waals surface area contributed by atoms with Gasteiger partial charge in [0.05, 0.1) is 5.52 Å². The van der Waals surface area contributed by atoms with E-state index in [2.05, 4.69) is 16.9 Å². The minimum atomic E-state index is -0.508. The molecule has 2 aromatic rings. The zero-order chi connectivity index (χ0) is 13.7. The Morgan fingerprint density at radius 2 is 2.11 bits per heavy atom. The topological polar surface area (TPSA) is 72.1 Å². The summed E-state index contributed by atoms with van der Waals surface area (Å²) in [5, 5.41) is 0.948. The minimum absolute atomic E-state index is 0.377. The highest BCUT2D eigenvalue weighted by Gasteiger charge is 2.15. The van der Waals surface area contributed by atoms with Gasteiger partial charge in [0.15, 0.2) is 0 Å². The Labute approximate surface area is 112 Å². The minimum Gasteiger partial charge on any atom is -0.351 e. The monoisotopic (exact) mass is 258 g/mol. The van der Waals surface area contributed by atoms with E-state index in [0.29, 0.717) is 12.5 Å². The van der Waals surface area contributed by atoms with E-state index in [1.807, 2.05) is 24.3 Å². The summed E-state index contributed by atoms with van der Waals surface area (Å²) >= 11 is 0. The molecule has 2 amide bonds. The Bertz CT molecular complexity index is 570. The van der Waals surface area contributed by atoms with Crippen molar-refractivity contribution in [1.29, 1.82) is 0 Å². The number of para-hydroxylation sites is 1. The van der Waals surface area contributed by atoms with Crippen LogP contribution in [0.2, 0.25) is 0 Å². The van der Waals surface area contributed by atoms with Crippen molar-refractivity contribution in [3.8, 4) is 0 Å². The number of rotatable bonds is 5. The molecule has 0 aliphatic rings. The van der Waals surface area contributed by atoms with E-state index in [1.54, 1.807) is 6.20 Å². The van der Waals surface area contributed by atoms with Crippen LogP contribution in [0.15, 0.2) is 30.5 Å². The number of nitrogens with zero attached hydrogens (tertiary/aromatic N) is 3. The van der Waals surface area contributed by atoms with Gasteiger partial charge in [0.25, 0.3) is 0 Å². The summed E-state index contributed by atoms with van der Waals surface area (Å²) in [6.45, 7) is 2.67. The molecule has 100 valence electrons. The number of nitrogens with two attached hydrogens (primary N) is 1. The Morgan fingerprint density at radius 3 is 2.84 bits per heavy atom. The lowest BCUT2D eigenvalue weighted by Gasteiger charge is -2.18. The maximum atomic E-state index is 11.5. The third-order valence-corrected chi connectivity index (χ3v) is 2.97. The largest absolute Gasteiger partial charge is 0.351 e. The van der Waals surface area contributed by atoms with E-state index in [4.69, 9.17) is 5.73 Å². The second-order valence-corrected chi connectivity index (χ2v) is 4.43. The summed E-state index contributed by atoms with van der Waals surface area (Å²) in [5.74, 6) is 0.377. The molecule has 0 saturated heterocycles. The second kappa shape index (κ2) is 6.13. The molecule has 2 rings (SSSR count). The highest BCUT2D eigenvalue weighted by Crippen LogP contribution is 2.15. The van der Waals surface area contributed by atoms with Crippen LogP contribution in [0.1, 0.15) is 26.2 Å². The zero-order valence-corrected chi connectivity index (χ0v) is 11.0. The van der Waals surface area contributed by atoms with E-state index >= 15 is 0 Å². The number of urea groups is 1. The van der Waals surface area contributed by atoms with Crippen LogP contribution < -0.4 is 10.6 Å². The first-order valence-corrected chi connectivity index (χ1v) is 6.51. The van der Waals surface area contributed by atoms with Crippen molar-refractivity contribution in [2.24, 2.45) is 5.73 Å². The number of amides is 2. The van der Waals surface area contributed by atoms with Crippen LogP contribution in [0.5, 0.6) is 0 Å². The number of fused-ring (bicyclic) bond motifs is 1. The second-order valence-electron chi connectivity index (χ2n) is 4.43. The summed E-state index contributed by atoms with van der Waals surface area (Å²) in [4.78, 5) is 21.5. The fourth-order valence-electron chi connectivity index (χ4n) is 1.92. The number of primary amides is 1. The molecule has 0 spiro atoms. The van der Waals surface area contributed by atoms with Crippen LogP contribution in [0.25, 0.3) is 10.9 Å². The summed E-state index contributed by atoms with van der Waals surface area (Å²) in [7, 11) is 0. The SMILES string of the molecule is CCCCCN(C(N)=O)c1ncc2ccccc2n1. The van der Waals surface area contributed by atoms with Crippen LogP contribution in [0.3, 0.4) is 0 Å². The quantitative estimate of drug-likeness (QED) is 0.838. The van der Waals surface area contributed by atoms with Gasteiger partial charge in [0, 0.05) is 18.1 Å². The first kappa shape index (κ1) is 13.3. The molecule has 19 heavy (non-hydrogen) atoms. The van der Waals surface area contributed by atoms with Gasteiger partial charge in [-0.05, 0) is 12.5 Å². The van der Waals surface area contributed by atoms with Crippen molar-refractivity contribution in [3.05, 3.63) is 30.5 Å². The number of hydrogen-bond donors (Lipinski definition) is 1. The summed E-state index contributed by atoms with van der Waals surface area (Å²) in [5.41, 5.74) is 6.22. The molecule has 0 radical (unpaired) electrons. The Balaban J connectivity index is 2.25. The van der Waals surface area contributed by atoms with Gasteiger partial charge in [0.1, 0.15) is 0 Å². The van der Waals surface area contributed by atoms with Gasteiger partial charge in [-0.1, -0.05) is 38.0 Å². The number of benzene rings is 1. The van der Waals surface area contributed by atoms with Gasteiger partial charge in [0.2, 0.25) is 5.95 Å². The Hall–Kier alpha value is -2.17. The molecule has 0 unspecified atom stereocenters. The molecular formula is C14H18N4O. The molecule has 1 aromatic heterocycles. The molecule has 0 bridgehead atoms. The van der Waals surface area contributed by atoms with Gasteiger partial charge >= 0.3 is 6.03 Å². The molecule has 0 saturated carbocycles. The molecule has 2 N–H and O–H groups in total. The van der Waals surface area contributed by atoms with Crippen LogP contribution in [0.4, 0.5) is 10.7 Å². The Morgan fingerprint density at radius 1 is 1.32 bits per heavy atom. The molecular weight excluding hydrogens is 240 g/mol. The average molecular weight is 258 g/mol. The van der Waals surface area contributed by atoms with Crippen molar-refractivity contribution in [3.63, 3.8) is 0 Å². The fourth-order valence-corrected chi connectivity index (χ4v) is 1.92. The van der Waals surface area contributed by atoms with E-state index < -0.39 is 6.03 Å². The molecule has 5 nitrogen and oxygen atoms in total. The molecule has 5 heteroatoms. The lowest BCUT2D eigenvalue weighted by Crippen LogP contribution is -2.37. The smallest absolute Gasteiger partial charge is 0.321 e. The van der Waals surface area contributed by atoms with E-state index in [9.17, 15) is 4.79 Å². The van der Waals surface area contributed by atoms with Crippen molar-refractivity contribution in [1.82, 2.24) is 9.97 Å². The molecule has 1 heterocycles. The van der Waals surface area contributed by atoms with Crippen LogP contribution in [-0.4, -0.2) is 22.5 Å².